The van der Waals surface area contributed by atoms with Crippen LogP contribution in [-0.4, -0.2) is 59.7 Å². The zero-order valence-corrected chi connectivity index (χ0v) is 18.7. The van der Waals surface area contributed by atoms with E-state index in [1.54, 1.807) is 17.0 Å². The van der Waals surface area contributed by atoms with Crippen LogP contribution >= 0.6 is 0 Å². The maximum atomic E-state index is 13.2. The van der Waals surface area contributed by atoms with Gasteiger partial charge in [-0.05, 0) is 49.9 Å². The highest BCUT2D eigenvalue weighted by molar-refractivity contribution is 5.84. The third-order valence-electron chi connectivity index (χ3n) is 6.99. The van der Waals surface area contributed by atoms with Crippen molar-refractivity contribution >= 4 is 22.7 Å². The number of Topliss-reactive ketones (excluding diaryl/α,β-unsaturated/α-hetero) is 1. The molecular weight excluding hydrogens is 441 g/mol. The first-order valence-corrected chi connectivity index (χ1v) is 11.5. The zero-order chi connectivity index (χ0) is 23.9. The Bertz CT molecular complexity index is 1280. The van der Waals surface area contributed by atoms with Gasteiger partial charge in [0.2, 0.25) is 5.91 Å². The summed E-state index contributed by atoms with van der Waals surface area (Å²) in [4.78, 5) is 43.5. The van der Waals surface area contributed by atoms with E-state index in [0.717, 1.165) is 0 Å². The van der Waals surface area contributed by atoms with E-state index in [4.69, 9.17) is 0 Å². The van der Waals surface area contributed by atoms with Crippen LogP contribution in [0.1, 0.15) is 38.5 Å². The molecule has 1 aliphatic heterocycles. The van der Waals surface area contributed by atoms with Gasteiger partial charge in [-0.25, -0.2) is 14.1 Å². The number of aliphatic hydroxyl groups is 1. The number of hydrogen-bond acceptors (Lipinski definition) is 6. The molecule has 9 nitrogen and oxygen atoms in total. The lowest BCUT2D eigenvalue weighted by molar-refractivity contribution is -0.142. The first-order valence-electron chi connectivity index (χ1n) is 11.5. The zero-order valence-electron chi connectivity index (χ0n) is 18.7. The highest BCUT2D eigenvalue weighted by atomic mass is 19.1. The van der Waals surface area contributed by atoms with Crippen molar-refractivity contribution in [2.75, 3.05) is 13.1 Å². The Balaban J connectivity index is 1.28. The molecule has 2 aromatic heterocycles. The first-order chi connectivity index (χ1) is 16.3. The molecule has 0 radical (unpaired) electrons. The highest BCUT2D eigenvalue weighted by Gasteiger charge is 2.37. The van der Waals surface area contributed by atoms with Gasteiger partial charge in [0, 0.05) is 31.8 Å². The molecule has 1 saturated heterocycles. The lowest BCUT2D eigenvalue weighted by Gasteiger charge is -2.40. The van der Waals surface area contributed by atoms with E-state index in [1.165, 1.54) is 33.9 Å². The fourth-order valence-corrected chi connectivity index (χ4v) is 4.90. The summed E-state index contributed by atoms with van der Waals surface area (Å²) in [5.74, 6) is -0.208. The van der Waals surface area contributed by atoms with Crippen molar-refractivity contribution in [3.8, 4) is 5.69 Å². The lowest BCUT2D eigenvalue weighted by Crippen LogP contribution is -2.51. The van der Waals surface area contributed by atoms with Gasteiger partial charge in [0.25, 0.3) is 5.56 Å². The van der Waals surface area contributed by atoms with Gasteiger partial charge in [0.05, 0.1) is 24.0 Å². The number of carbonyl (C=O) groups excluding carboxylic acids is 2. The highest BCUT2D eigenvalue weighted by Crippen LogP contribution is 2.28. The molecule has 178 valence electrons. The van der Waals surface area contributed by atoms with Crippen LogP contribution in [0.5, 0.6) is 0 Å². The van der Waals surface area contributed by atoms with Crippen molar-refractivity contribution in [2.45, 2.75) is 50.7 Å². The number of nitrogens with zero attached hydrogens (tertiary/aromatic N) is 5. The van der Waals surface area contributed by atoms with Crippen molar-refractivity contribution in [3.63, 3.8) is 0 Å². The summed E-state index contributed by atoms with van der Waals surface area (Å²) in [6, 6.07) is 5.73. The van der Waals surface area contributed by atoms with E-state index >= 15 is 0 Å². The summed E-state index contributed by atoms with van der Waals surface area (Å²) < 4.78 is 16.1. The molecule has 1 amide bonds. The Labute approximate surface area is 194 Å². The second-order valence-corrected chi connectivity index (χ2v) is 9.31. The number of amides is 1. The smallest absolute Gasteiger partial charge is 0.264 e. The van der Waals surface area contributed by atoms with Crippen LogP contribution in [0.3, 0.4) is 0 Å². The average molecular weight is 468 g/mol. The molecule has 2 aliphatic rings. The van der Waals surface area contributed by atoms with Crippen LogP contribution in [0.4, 0.5) is 4.39 Å². The maximum Gasteiger partial charge on any atom is 0.264 e. The Morgan fingerprint density at radius 1 is 1.12 bits per heavy atom. The third kappa shape index (κ3) is 4.25. The molecule has 2 fully saturated rings. The number of likely N-dealkylation sites (tertiary alicyclic amines) is 1. The van der Waals surface area contributed by atoms with E-state index in [2.05, 4.69) is 10.1 Å². The van der Waals surface area contributed by atoms with E-state index in [0.29, 0.717) is 68.3 Å². The van der Waals surface area contributed by atoms with Crippen LogP contribution in [0.25, 0.3) is 16.7 Å². The predicted molar refractivity (Wildman–Crippen MR) is 121 cm³/mol. The molecule has 0 unspecified atom stereocenters. The molecule has 1 aromatic carbocycles. The molecule has 1 saturated carbocycles. The molecule has 10 heteroatoms. The summed E-state index contributed by atoms with van der Waals surface area (Å²) >= 11 is 0. The molecule has 0 atom stereocenters. The summed E-state index contributed by atoms with van der Waals surface area (Å²) in [6.07, 6.45) is 5.64. The molecule has 34 heavy (non-hydrogen) atoms. The molecule has 0 bridgehead atoms. The van der Waals surface area contributed by atoms with Crippen molar-refractivity contribution < 1.29 is 19.1 Å². The van der Waals surface area contributed by atoms with E-state index in [-0.39, 0.29) is 35.5 Å². The van der Waals surface area contributed by atoms with Crippen molar-refractivity contribution in [2.24, 2.45) is 5.92 Å². The summed E-state index contributed by atoms with van der Waals surface area (Å²) in [5, 5.41) is 15.7. The standard InChI is InChI=1S/C24H26FN5O4/c25-17-3-5-18(6-4-17)30-21-20(13-27-30)23(33)29(15-26-21)14-24(34)9-11-28(12-10-24)22(32)16-1-7-19(31)8-2-16/h3-6,13,15-16,34H,1-2,7-12,14H2. The van der Waals surface area contributed by atoms with E-state index < -0.39 is 5.60 Å². The fourth-order valence-electron chi connectivity index (χ4n) is 4.90. The van der Waals surface area contributed by atoms with E-state index in [9.17, 15) is 23.9 Å². The van der Waals surface area contributed by atoms with Gasteiger partial charge in [-0.3, -0.25) is 19.0 Å². The number of fused-ring (bicyclic) bond motifs is 1. The Kier molecular flexibility index (Phi) is 5.76. The third-order valence-corrected chi connectivity index (χ3v) is 6.99. The largest absolute Gasteiger partial charge is 0.388 e. The Morgan fingerprint density at radius 2 is 1.79 bits per heavy atom. The number of carbonyl (C=O) groups is 2. The molecule has 1 aliphatic carbocycles. The normalized spacial score (nSPS) is 19.0. The van der Waals surface area contributed by atoms with Crippen LogP contribution in [0.15, 0.2) is 41.6 Å². The topological polar surface area (TPSA) is 110 Å². The monoisotopic (exact) mass is 467 g/mol. The fraction of sp³-hybridized carbons (Fsp3) is 0.458. The predicted octanol–water partition coefficient (Wildman–Crippen LogP) is 1.83. The molecule has 5 rings (SSSR count). The summed E-state index contributed by atoms with van der Waals surface area (Å²) in [6.45, 7) is 0.885. The molecule has 3 aromatic rings. The van der Waals surface area contributed by atoms with Gasteiger partial charge in [-0.1, -0.05) is 0 Å². The van der Waals surface area contributed by atoms with Gasteiger partial charge < -0.3 is 10.0 Å². The average Bonchev–Trinajstić information content (AvgIpc) is 3.27. The second kappa shape index (κ2) is 8.75. The number of rotatable bonds is 4. The van der Waals surface area contributed by atoms with Gasteiger partial charge in [-0.15, -0.1) is 0 Å². The van der Waals surface area contributed by atoms with Crippen molar-refractivity contribution in [1.29, 1.82) is 0 Å². The Morgan fingerprint density at radius 3 is 2.47 bits per heavy atom. The van der Waals surface area contributed by atoms with Crippen LogP contribution < -0.4 is 5.56 Å². The number of benzene rings is 1. The first kappa shape index (κ1) is 22.4. The van der Waals surface area contributed by atoms with Crippen LogP contribution in [0, 0.1) is 11.7 Å². The minimum Gasteiger partial charge on any atom is -0.388 e. The number of piperidine rings is 1. The van der Waals surface area contributed by atoms with Crippen molar-refractivity contribution in [3.05, 3.63) is 53.0 Å². The molecule has 3 heterocycles. The second-order valence-electron chi connectivity index (χ2n) is 9.31. The van der Waals surface area contributed by atoms with E-state index in [1.807, 2.05) is 0 Å². The van der Waals surface area contributed by atoms with Gasteiger partial charge in [-0.2, -0.15) is 5.10 Å². The quantitative estimate of drug-likeness (QED) is 0.627. The minimum atomic E-state index is -1.13. The lowest BCUT2D eigenvalue weighted by atomic mass is 9.85. The van der Waals surface area contributed by atoms with Gasteiger partial charge in [0.15, 0.2) is 5.65 Å². The number of halogens is 1. The number of ketones is 1. The van der Waals surface area contributed by atoms with Crippen LogP contribution in [0.2, 0.25) is 0 Å². The summed E-state index contributed by atoms with van der Waals surface area (Å²) in [7, 11) is 0. The number of hydrogen-bond donors (Lipinski definition) is 1. The van der Waals surface area contributed by atoms with Gasteiger partial charge in [0.1, 0.15) is 23.3 Å². The van der Waals surface area contributed by atoms with Crippen molar-refractivity contribution in [1.82, 2.24) is 24.2 Å². The Hall–Kier alpha value is -3.40. The molecule has 0 spiro atoms. The molecular formula is C24H26FN5O4. The maximum absolute atomic E-state index is 13.2. The minimum absolute atomic E-state index is 0.0583. The van der Waals surface area contributed by atoms with Gasteiger partial charge >= 0.3 is 0 Å². The van der Waals surface area contributed by atoms with Crippen LogP contribution in [-0.2, 0) is 16.1 Å². The molecule has 1 N–H and O–H groups in total. The summed E-state index contributed by atoms with van der Waals surface area (Å²) in [5.41, 5.74) is -0.520. The number of aromatic nitrogens is 4. The SMILES string of the molecule is O=C1CCC(C(=O)N2CCC(O)(Cn3cnc4c(cnn4-c4ccc(F)cc4)c3=O)CC2)CC1.